The monoisotopic (exact) mass is 289 g/mol. The predicted molar refractivity (Wildman–Crippen MR) is 81.1 cm³/mol. The van der Waals surface area contributed by atoms with Gasteiger partial charge in [0.05, 0.1) is 9.85 Å². The third-order valence-electron chi connectivity index (χ3n) is 2.77. The molecule has 0 saturated carbocycles. The highest BCUT2D eigenvalue weighted by Crippen LogP contribution is 2.21. The maximum Gasteiger partial charge on any atom is 0.223 e. The average Bonchev–Trinajstić information content (AvgIpc) is 2.84. The first-order valence-electron chi connectivity index (χ1n) is 6.01. The van der Waals surface area contributed by atoms with Gasteiger partial charge in [0.2, 0.25) is 5.95 Å². The lowest BCUT2D eigenvalue weighted by atomic mass is 10.2. The number of para-hydroxylation sites is 1. The topological polar surface area (TPSA) is 37.8 Å². The summed E-state index contributed by atoms with van der Waals surface area (Å²) < 4.78 is 0.831. The van der Waals surface area contributed by atoms with Crippen LogP contribution in [0.1, 0.15) is 4.88 Å². The van der Waals surface area contributed by atoms with Crippen LogP contribution in [0.5, 0.6) is 0 Å². The van der Waals surface area contributed by atoms with Gasteiger partial charge in [-0.25, -0.2) is 9.97 Å². The standard InChI is InChI=1S/C14H12ClN3S/c15-13-6-5-11(19-13)7-8-16-14-17-9-10-3-1-2-4-12(10)18-14/h1-6,9H,7-8H2,(H,16,17,18). The number of nitrogens with one attached hydrogen (secondary N) is 1. The molecule has 0 amide bonds. The van der Waals surface area contributed by atoms with Gasteiger partial charge in [-0.3, -0.25) is 0 Å². The molecule has 5 heteroatoms. The first-order chi connectivity index (χ1) is 9.31. The van der Waals surface area contributed by atoms with Crippen molar-refractivity contribution >= 4 is 39.8 Å². The van der Waals surface area contributed by atoms with Crippen LogP contribution in [0, 0.1) is 0 Å². The third kappa shape index (κ3) is 3.03. The van der Waals surface area contributed by atoms with Crippen molar-refractivity contribution in [2.75, 3.05) is 11.9 Å². The Morgan fingerprint density at radius 1 is 1.16 bits per heavy atom. The molecule has 3 nitrogen and oxygen atoms in total. The second-order valence-corrected chi connectivity index (χ2v) is 5.93. The first kappa shape index (κ1) is 12.4. The Balaban J connectivity index is 1.65. The maximum atomic E-state index is 5.90. The molecule has 0 radical (unpaired) electrons. The van der Waals surface area contributed by atoms with Gasteiger partial charge in [-0.1, -0.05) is 29.8 Å². The summed E-state index contributed by atoms with van der Waals surface area (Å²) in [6.07, 6.45) is 2.76. The van der Waals surface area contributed by atoms with Crippen molar-refractivity contribution in [1.82, 2.24) is 9.97 Å². The van der Waals surface area contributed by atoms with Crippen LogP contribution < -0.4 is 5.32 Å². The number of hydrogen-bond donors (Lipinski definition) is 1. The highest BCUT2D eigenvalue weighted by Gasteiger charge is 2.00. The molecule has 2 aromatic heterocycles. The molecule has 96 valence electrons. The van der Waals surface area contributed by atoms with Gasteiger partial charge in [-0.15, -0.1) is 11.3 Å². The number of hydrogen-bond acceptors (Lipinski definition) is 4. The first-order valence-corrected chi connectivity index (χ1v) is 7.20. The van der Waals surface area contributed by atoms with E-state index in [1.54, 1.807) is 11.3 Å². The smallest absolute Gasteiger partial charge is 0.223 e. The second-order valence-electron chi connectivity index (χ2n) is 4.14. The molecule has 0 aliphatic rings. The van der Waals surface area contributed by atoms with Gasteiger partial charge in [0.25, 0.3) is 0 Å². The Kier molecular flexibility index (Phi) is 3.62. The summed E-state index contributed by atoms with van der Waals surface area (Å²) in [5.41, 5.74) is 0.958. The minimum atomic E-state index is 0.668. The molecule has 3 aromatic rings. The van der Waals surface area contributed by atoms with Gasteiger partial charge in [0, 0.05) is 23.0 Å². The minimum Gasteiger partial charge on any atom is -0.354 e. The van der Waals surface area contributed by atoms with Crippen molar-refractivity contribution < 1.29 is 0 Å². The largest absolute Gasteiger partial charge is 0.354 e. The van der Waals surface area contributed by atoms with Gasteiger partial charge >= 0.3 is 0 Å². The molecule has 0 bridgehead atoms. The van der Waals surface area contributed by atoms with Crippen molar-refractivity contribution in [2.45, 2.75) is 6.42 Å². The van der Waals surface area contributed by atoms with E-state index < -0.39 is 0 Å². The lowest BCUT2D eigenvalue weighted by molar-refractivity contribution is 1.01. The number of benzene rings is 1. The Morgan fingerprint density at radius 2 is 2.05 bits per heavy atom. The molecule has 0 aliphatic carbocycles. The van der Waals surface area contributed by atoms with E-state index in [-0.39, 0.29) is 0 Å². The summed E-state index contributed by atoms with van der Waals surface area (Å²) >= 11 is 7.51. The normalized spacial score (nSPS) is 10.8. The van der Waals surface area contributed by atoms with Crippen LogP contribution in [-0.4, -0.2) is 16.5 Å². The molecule has 0 aliphatic heterocycles. The zero-order valence-corrected chi connectivity index (χ0v) is 11.7. The van der Waals surface area contributed by atoms with Gasteiger partial charge in [0.15, 0.2) is 0 Å². The van der Waals surface area contributed by atoms with E-state index in [0.717, 1.165) is 28.2 Å². The lowest BCUT2D eigenvalue weighted by Crippen LogP contribution is -2.07. The molecule has 0 saturated heterocycles. The SMILES string of the molecule is Clc1ccc(CCNc2ncc3ccccc3n2)s1. The molecule has 1 N–H and O–H groups in total. The van der Waals surface area contributed by atoms with Crippen LogP contribution >= 0.6 is 22.9 Å². The van der Waals surface area contributed by atoms with E-state index in [4.69, 9.17) is 11.6 Å². The van der Waals surface area contributed by atoms with E-state index in [1.165, 1.54) is 4.88 Å². The molecule has 0 fully saturated rings. The van der Waals surface area contributed by atoms with Gasteiger partial charge in [-0.05, 0) is 24.6 Å². The van der Waals surface area contributed by atoms with Crippen molar-refractivity contribution in [3.05, 3.63) is 51.8 Å². The molecule has 2 heterocycles. The molecular formula is C14H12ClN3S. The Bertz CT molecular complexity index is 696. The summed E-state index contributed by atoms with van der Waals surface area (Å²) in [6, 6.07) is 11.9. The summed E-state index contributed by atoms with van der Waals surface area (Å²) in [6.45, 7) is 0.801. The highest BCUT2D eigenvalue weighted by atomic mass is 35.5. The fourth-order valence-electron chi connectivity index (χ4n) is 1.84. The molecule has 3 rings (SSSR count). The number of halogens is 1. The Hall–Kier alpha value is -1.65. The quantitative estimate of drug-likeness (QED) is 0.789. The maximum absolute atomic E-state index is 5.90. The molecular weight excluding hydrogens is 278 g/mol. The van der Waals surface area contributed by atoms with E-state index >= 15 is 0 Å². The molecule has 0 spiro atoms. The summed E-state index contributed by atoms with van der Waals surface area (Å²) in [5, 5.41) is 4.29. The van der Waals surface area contributed by atoms with Gasteiger partial charge in [-0.2, -0.15) is 0 Å². The summed E-state index contributed by atoms with van der Waals surface area (Å²) in [5.74, 6) is 0.668. The number of nitrogens with zero attached hydrogens (tertiary/aromatic N) is 2. The van der Waals surface area contributed by atoms with Crippen LogP contribution in [0.3, 0.4) is 0 Å². The lowest BCUT2D eigenvalue weighted by Gasteiger charge is -2.04. The van der Waals surface area contributed by atoms with Crippen molar-refractivity contribution in [1.29, 1.82) is 0 Å². The molecule has 19 heavy (non-hydrogen) atoms. The van der Waals surface area contributed by atoms with Crippen LogP contribution in [-0.2, 0) is 6.42 Å². The van der Waals surface area contributed by atoms with Crippen LogP contribution in [0.4, 0.5) is 5.95 Å². The third-order valence-corrected chi connectivity index (χ3v) is 4.06. The fourth-order valence-corrected chi connectivity index (χ4v) is 2.93. The number of fused-ring (bicyclic) bond motifs is 1. The van der Waals surface area contributed by atoms with Crippen LogP contribution in [0.2, 0.25) is 4.34 Å². The summed E-state index contributed by atoms with van der Waals surface area (Å²) in [7, 11) is 0. The zero-order valence-electron chi connectivity index (χ0n) is 10.1. The number of anilines is 1. The number of rotatable bonds is 4. The molecule has 0 unspecified atom stereocenters. The summed E-state index contributed by atoms with van der Waals surface area (Å²) in [4.78, 5) is 10.0. The Morgan fingerprint density at radius 3 is 2.89 bits per heavy atom. The van der Waals surface area contributed by atoms with Gasteiger partial charge in [0.1, 0.15) is 0 Å². The highest BCUT2D eigenvalue weighted by molar-refractivity contribution is 7.16. The Labute approximate surface area is 120 Å². The average molecular weight is 290 g/mol. The van der Waals surface area contributed by atoms with Crippen molar-refractivity contribution in [3.63, 3.8) is 0 Å². The van der Waals surface area contributed by atoms with E-state index in [1.807, 2.05) is 36.5 Å². The number of aromatic nitrogens is 2. The predicted octanol–water partition coefficient (Wildman–Crippen LogP) is 4.00. The van der Waals surface area contributed by atoms with Crippen molar-refractivity contribution in [3.8, 4) is 0 Å². The van der Waals surface area contributed by atoms with E-state index in [0.29, 0.717) is 5.95 Å². The zero-order chi connectivity index (χ0) is 13.1. The van der Waals surface area contributed by atoms with E-state index in [2.05, 4.69) is 21.4 Å². The van der Waals surface area contributed by atoms with Crippen molar-refractivity contribution in [2.24, 2.45) is 0 Å². The van der Waals surface area contributed by atoms with Crippen LogP contribution in [0.25, 0.3) is 10.9 Å². The minimum absolute atomic E-state index is 0.668. The fraction of sp³-hybridized carbons (Fsp3) is 0.143. The van der Waals surface area contributed by atoms with E-state index in [9.17, 15) is 0 Å². The molecule has 0 atom stereocenters. The van der Waals surface area contributed by atoms with Gasteiger partial charge < -0.3 is 5.32 Å². The number of thiophene rings is 1. The second kappa shape index (κ2) is 5.55. The molecule has 1 aromatic carbocycles. The van der Waals surface area contributed by atoms with Crippen LogP contribution in [0.15, 0.2) is 42.6 Å².